The van der Waals surface area contributed by atoms with Gasteiger partial charge >= 0.3 is 13.5 Å². The Bertz CT molecular complexity index is 914. The van der Waals surface area contributed by atoms with E-state index < -0.39 is 44.7 Å². The van der Waals surface area contributed by atoms with Gasteiger partial charge in [0.05, 0.1) is 6.61 Å². The summed E-state index contributed by atoms with van der Waals surface area (Å²) in [6.07, 6.45) is -2.29. The van der Waals surface area contributed by atoms with Crippen LogP contribution in [0.15, 0.2) is 47.4 Å². The maximum atomic E-state index is 11.5. The SMILES string of the molecule is CC(N)Cc1ccccc1.Nc1ccn([C@@H]2O[C@H](CO)[C@@H](O)[C@H]2O)c(=O)n1.O=P(O)(O)O. The zero-order valence-electron chi connectivity index (χ0n) is 17.2. The second kappa shape index (κ2) is 12.7. The molecule has 14 heteroatoms. The van der Waals surface area contributed by atoms with Gasteiger partial charge in [-0.05, 0) is 25.0 Å². The van der Waals surface area contributed by atoms with Gasteiger partial charge in [0, 0.05) is 12.2 Å². The molecule has 1 saturated heterocycles. The first kappa shape index (κ1) is 27.8. The fraction of sp³-hybridized carbons (Fsp3) is 0.444. The van der Waals surface area contributed by atoms with E-state index in [-0.39, 0.29) is 11.9 Å². The largest absolute Gasteiger partial charge is 0.466 e. The summed E-state index contributed by atoms with van der Waals surface area (Å²) in [6, 6.07) is 11.9. The van der Waals surface area contributed by atoms with Crippen LogP contribution in [0.25, 0.3) is 0 Å². The minimum absolute atomic E-state index is 0.0537. The van der Waals surface area contributed by atoms with Crippen molar-refractivity contribution in [2.75, 3.05) is 12.3 Å². The normalized spacial score (nSPS) is 23.4. The summed E-state index contributed by atoms with van der Waals surface area (Å²) < 4.78 is 15.1. The molecule has 13 nitrogen and oxygen atoms in total. The van der Waals surface area contributed by atoms with Crippen LogP contribution < -0.4 is 17.2 Å². The fourth-order valence-corrected chi connectivity index (χ4v) is 2.72. The summed E-state index contributed by atoms with van der Waals surface area (Å²) in [5.41, 5.74) is 11.6. The third-order valence-electron chi connectivity index (χ3n) is 4.04. The van der Waals surface area contributed by atoms with Crippen LogP contribution in [-0.4, -0.2) is 70.5 Å². The number of benzene rings is 1. The number of aliphatic hydroxyl groups excluding tert-OH is 3. The van der Waals surface area contributed by atoms with Crippen LogP contribution in [0.4, 0.5) is 5.82 Å². The Labute approximate surface area is 183 Å². The summed E-state index contributed by atoms with van der Waals surface area (Å²) in [4.78, 5) is 36.6. The van der Waals surface area contributed by atoms with Gasteiger partial charge in [-0.3, -0.25) is 4.57 Å². The fourth-order valence-electron chi connectivity index (χ4n) is 2.72. The van der Waals surface area contributed by atoms with Crippen molar-refractivity contribution >= 4 is 13.6 Å². The van der Waals surface area contributed by atoms with Crippen LogP contribution in [0.3, 0.4) is 0 Å². The van der Waals surface area contributed by atoms with Crippen molar-refractivity contribution in [1.29, 1.82) is 0 Å². The Hall–Kier alpha value is -2.19. The molecule has 32 heavy (non-hydrogen) atoms. The standard InChI is InChI=1S/C9H13N3O5.C9H13N.H3O4P/c10-5-1-2-12(9(16)11-5)8-7(15)6(14)4(3-13)17-8;1-8(10)7-9-5-3-2-4-6-9;1-5(2,3)4/h1-2,4,6-8,13-15H,3H2,(H2,10,11,16);2-6,8H,7,10H2,1H3;(H3,1,2,3,4)/t4-,6-,7-,8-;;/m1../s1. The van der Waals surface area contributed by atoms with Crippen molar-refractivity contribution in [3.05, 3.63) is 58.6 Å². The molecule has 1 aromatic heterocycles. The highest BCUT2D eigenvalue weighted by molar-refractivity contribution is 7.45. The Morgan fingerprint density at radius 2 is 1.72 bits per heavy atom. The van der Waals surface area contributed by atoms with Gasteiger partial charge in [-0.1, -0.05) is 30.3 Å². The third kappa shape index (κ3) is 9.96. The number of ether oxygens (including phenoxy) is 1. The Kier molecular flexibility index (Phi) is 11.1. The van der Waals surface area contributed by atoms with E-state index in [2.05, 4.69) is 17.1 Å². The number of hydrogen-bond donors (Lipinski definition) is 8. The summed E-state index contributed by atoms with van der Waals surface area (Å²) >= 11 is 0. The predicted molar refractivity (Wildman–Crippen MR) is 114 cm³/mol. The highest BCUT2D eigenvalue weighted by Crippen LogP contribution is 2.28. The molecule has 5 atom stereocenters. The molecule has 0 radical (unpaired) electrons. The quantitative estimate of drug-likeness (QED) is 0.226. The molecule has 0 aliphatic carbocycles. The van der Waals surface area contributed by atoms with Gasteiger partial charge in [-0.15, -0.1) is 0 Å². The van der Waals surface area contributed by atoms with E-state index in [1.54, 1.807) is 0 Å². The number of nitrogens with two attached hydrogens (primary N) is 2. The molecular formula is C18H29N4O9P. The summed E-state index contributed by atoms with van der Waals surface area (Å²) in [5.74, 6) is 0.0537. The van der Waals surface area contributed by atoms with Crippen LogP contribution >= 0.6 is 7.82 Å². The van der Waals surface area contributed by atoms with Gasteiger partial charge in [-0.25, -0.2) is 9.36 Å². The second-order valence-electron chi connectivity index (χ2n) is 6.95. The Balaban J connectivity index is 0.000000288. The first-order chi connectivity index (χ1) is 14.8. The van der Waals surface area contributed by atoms with E-state index in [0.717, 1.165) is 11.0 Å². The lowest BCUT2D eigenvalue weighted by atomic mass is 10.1. The zero-order chi connectivity index (χ0) is 24.5. The topological polar surface area (TPSA) is 235 Å². The second-order valence-corrected chi connectivity index (χ2v) is 7.98. The Morgan fingerprint density at radius 3 is 2.16 bits per heavy atom. The van der Waals surface area contributed by atoms with Crippen LogP contribution in [0, 0.1) is 0 Å². The van der Waals surface area contributed by atoms with Gasteiger partial charge in [0.2, 0.25) is 0 Å². The maximum Gasteiger partial charge on any atom is 0.466 e. The first-order valence-corrected chi connectivity index (χ1v) is 10.9. The summed E-state index contributed by atoms with van der Waals surface area (Å²) in [5, 5.41) is 28.2. The highest BCUT2D eigenvalue weighted by Gasteiger charge is 2.43. The lowest BCUT2D eigenvalue weighted by molar-refractivity contribution is -0.0549. The van der Waals surface area contributed by atoms with Crippen molar-refractivity contribution in [2.24, 2.45) is 5.73 Å². The molecule has 2 aromatic rings. The highest BCUT2D eigenvalue weighted by atomic mass is 31.2. The number of nitrogens with zero attached hydrogens (tertiary/aromatic N) is 2. The van der Waals surface area contributed by atoms with E-state index in [1.807, 2.05) is 25.1 Å². The molecule has 0 saturated carbocycles. The van der Waals surface area contributed by atoms with E-state index in [9.17, 15) is 15.0 Å². The molecule has 1 fully saturated rings. The smallest absolute Gasteiger partial charge is 0.394 e. The minimum atomic E-state index is -4.64. The minimum Gasteiger partial charge on any atom is -0.394 e. The molecule has 1 aliphatic rings. The van der Waals surface area contributed by atoms with Crippen molar-refractivity contribution in [2.45, 2.75) is 43.9 Å². The number of nitrogen functional groups attached to an aromatic ring is 1. The number of phosphoric acid groups is 1. The van der Waals surface area contributed by atoms with Crippen LogP contribution in [0.1, 0.15) is 18.7 Å². The first-order valence-electron chi connectivity index (χ1n) is 9.38. The van der Waals surface area contributed by atoms with Gasteiger partial charge in [0.15, 0.2) is 6.23 Å². The van der Waals surface area contributed by atoms with E-state index in [1.165, 1.54) is 17.8 Å². The summed E-state index contributed by atoms with van der Waals surface area (Å²) in [6.45, 7) is 1.57. The van der Waals surface area contributed by atoms with Gasteiger partial charge in [0.1, 0.15) is 24.1 Å². The van der Waals surface area contributed by atoms with Gasteiger partial charge in [-0.2, -0.15) is 4.98 Å². The van der Waals surface area contributed by atoms with Crippen molar-refractivity contribution in [3.8, 4) is 0 Å². The molecule has 1 aliphatic heterocycles. The molecule has 10 N–H and O–H groups in total. The number of rotatable bonds is 4. The molecule has 0 spiro atoms. The third-order valence-corrected chi connectivity index (χ3v) is 4.04. The van der Waals surface area contributed by atoms with Gasteiger partial charge < -0.3 is 46.2 Å². The average Bonchev–Trinajstić information content (AvgIpc) is 2.96. The molecule has 2 heterocycles. The van der Waals surface area contributed by atoms with Crippen LogP contribution in [0.2, 0.25) is 0 Å². The average molecular weight is 476 g/mol. The summed E-state index contributed by atoms with van der Waals surface area (Å²) in [7, 11) is -4.64. The monoisotopic (exact) mass is 476 g/mol. The van der Waals surface area contributed by atoms with Crippen LogP contribution in [-0.2, 0) is 15.7 Å². The van der Waals surface area contributed by atoms with Crippen molar-refractivity contribution in [3.63, 3.8) is 0 Å². The number of aromatic nitrogens is 2. The van der Waals surface area contributed by atoms with E-state index in [0.29, 0.717) is 0 Å². The lowest BCUT2D eigenvalue weighted by Crippen LogP contribution is -2.36. The van der Waals surface area contributed by atoms with Gasteiger partial charge in [0.25, 0.3) is 0 Å². The zero-order valence-corrected chi connectivity index (χ0v) is 18.1. The maximum absolute atomic E-state index is 11.5. The number of anilines is 1. The number of hydrogen-bond acceptors (Lipinski definition) is 9. The molecular weight excluding hydrogens is 447 g/mol. The molecule has 180 valence electrons. The molecule has 1 unspecified atom stereocenters. The van der Waals surface area contributed by atoms with Crippen molar-refractivity contribution in [1.82, 2.24) is 9.55 Å². The van der Waals surface area contributed by atoms with E-state index in [4.69, 9.17) is 40.6 Å². The molecule has 1 aromatic carbocycles. The molecule has 3 rings (SSSR count). The number of aliphatic hydroxyl groups is 3. The Morgan fingerprint density at radius 1 is 1.16 bits per heavy atom. The molecule has 0 amide bonds. The lowest BCUT2D eigenvalue weighted by Gasteiger charge is -2.16. The van der Waals surface area contributed by atoms with E-state index >= 15 is 0 Å². The van der Waals surface area contributed by atoms with Crippen molar-refractivity contribution < 1.29 is 39.3 Å². The predicted octanol–water partition coefficient (Wildman–Crippen LogP) is -1.92. The van der Waals surface area contributed by atoms with Crippen LogP contribution in [0.5, 0.6) is 0 Å². The molecule has 0 bridgehead atoms.